The van der Waals surface area contributed by atoms with Gasteiger partial charge in [-0.15, -0.1) is 5.10 Å². The molecule has 9 nitrogen and oxygen atoms in total. The van der Waals surface area contributed by atoms with Crippen molar-refractivity contribution in [1.82, 2.24) is 25.1 Å². The Morgan fingerprint density at radius 3 is 2.57 bits per heavy atom. The number of aromatic nitrogens is 5. The number of hydrogen-bond acceptors (Lipinski definition) is 8. The summed E-state index contributed by atoms with van der Waals surface area (Å²) in [5.74, 6) is 1.24. The molecule has 1 aliphatic heterocycles. The summed E-state index contributed by atoms with van der Waals surface area (Å²) in [6, 6.07) is 2.94. The highest BCUT2D eigenvalue weighted by molar-refractivity contribution is 5.38. The molecule has 0 unspecified atom stereocenters. The first-order valence-electron chi connectivity index (χ1n) is 7.67. The van der Waals surface area contributed by atoms with E-state index in [0.717, 1.165) is 25.9 Å². The summed E-state index contributed by atoms with van der Waals surface area (Å²) in [4.78, 5) is 26.1. The molecular formula is C14H19N7O2. The van der Waals surface area contributed by atoms with Crippen LogP contribution in [0.15, 0.2) is 16.9 Å². The van der Waals surface area contributed by atoms with Gasteiger partial charge in [-0.1, -0.05) is 12.8 Å². The van der Waals surface area contributed by atoms with E-state index in [0.29, 0.717) is 11.9 Å². The largest absolute Gasteiger partial charge is 0.403 e. The number of rotatable bonds is 4. The Morgan fingerprint density at radius 1 is 1.13 bits per heavy atom. The van der Waals surface area contributed by atoms with E-state index >= 15 is 0 Å². The Bertz CT molecular complexity index is 690. The van der Waals surface area contributed by atoms with Gasteiger partial charge in [-0.2, -0.15) is 15.0 Å². The number of nitrogens with one attached hydrogen (secondary N) is 2. The zero-order valence-corrected chi connectivity index (χ0v) is 12.9. The lowest BCUT2D eigenvalue weighted by atomic mass is 10.2. The summed E-state index contributed by atoms with van der Waals surface area (Å²) < 4.78 is 5.53. The highest BCUT2D eigenvalue weighted by atomic mass is 16.5. The first-order chi connectivity index (χ1) is 11.2. The molecule has 0 aliphatic carbocycles. The van der Waals surface area contributed by atoms with Crippen LogP contribution in [-0.4, -0.2) is 45.3 Å². The predicted octanol–water partition coefficient (Wildman–Crippen LogP) is 1.17. The average Bonchev–Trinajstić information content (AvgIpc) is 2.86. The molecule has 0 radical (unpaired) electrons. The third kappa shape index (κ3) is 3.93. The molecular weight excluding hydrogens is 298 g/mol. The molecule has 3 heterocycles. The van der Waals surface area contributed by atoms with E-state index in [4.69, 9.17) is 4.74 Å². The second-order valence-electron chi connectivity index (χ2n) is 5.25. The Labute approximate surface area is 133 Å². The van der Waals surface area contributed by atoms with Crippen LogP contribution < -0.4 is 20.5 Å². The van der Waals surface area contributed by atoms with Gasteiger partial charge >= 0.3 is 6.01 Å². The number of nitrogens with zero attached hydrogens (tertiary/aromatic N) is 5. The van der Waals surface area contributed by atoms with Crippen LogP contribution in [-0.2, 0) is 0 Å². The van der Waals surface area contributed by atoms with Crippen LogP contribution in [0.4, 0.5) is 11.9 Å². The van der Waals surface area contributed by atoms with Crippen LogP contribution in [0.2, 0.25) is 0 Å². The minimum Gasteiger partial charge on any atom is -0.403 e. The summed E-state index contributed by atoms with van der Waals surface area (Å²) in [5, 5.41) is 9.01. The predicted molar refractivity (Wildman–Crippen MR) is 85.0 cm³/mol. The first kappa shape index (κ1) is 15.2. The van der Waals surface area contributed by atoms with Crippen LogP contribution >= 0.6 is 0 Å². The van der Waals surface area contributed by atoms with E-state index in [1.54, 1.807) is 7.05 Å². The molecule has 3 rings (SSSR count). The Kier molecular flexibility index (Phi) is 4.65. The van der Waals surface area contributed by atoms with Crippen LogP contribution in [0.5, 0.6) is 11.9 Å². The van der Waals surface area contributed by atoms with Crippen molar-refractivity contribution in [3.8, 4) is 11.9 Å². The van der Waals surface area contributed by atoms with Gasteiger partial charge in [0.1, 0.15) is 0 Å². The summed E-state index contributed by atoms with van der Waals surface area (Å²) in [6.07, 6.45) is 4.70. The number of ether oxygens (including phenoxy) is 1. The smallest absolute Gasteiger partial charge is 0.330 e. The van der Waals surface area contributed by atoms with E-state index in [1.165, 1.54) is 25.0 Å². The number of aromatic amines is 1. The van der Waals surface area contributed by atoms with Crippen LogP contribution in [0.25, 0.3) is 0 Å². The summed E-state index contributed by atoms with van der Waals surface area (Å²) in [5.41, 5.74) is -0.297. The van der Waals surface area contributed by atoms with Gasteiger partial charge in [0.25, 0.3) is 5.56 Å². The quantitative estimate of drug-likeness (QED) is 0.865. The molecule has 1 aliphatic rings. The molecule has 23 heavy (non-hydrogen) atoms. The fourth-order valence-electron chi connectivity index (χ4n) is 2.40. The SMILES string of the molecule is CNc1nc(Oc2ccc(=O)[nH]n2)nc(N2CCCCCC2)n1. The van der Waals surface area contributed by atoms with Gasteiger partial charge in [0.2, 0.25) is 17.8 Å². The minimum atomic E-state index is -0.297. The van der Waals surface area contributed by atoms with Crippen molar-refractivity contribution in [2.45, 2.75) is 25.7 Å². The molecule has 2 N–H and O–H groups in total. The van der Waals surface area contributed by atoms with Crippen LogP contribution in [0, 0.1) is 0 Å². The lowest BCUT2D eigenvalue weighted by Crippen LogP contribution is -2.26. The Morgan fingerprint density at radius 2 is 1.91 bits per heavy atom. The maximum Gasteiger partial charge on any atom is 0.330 e. The zero-order valence-electron chi connectivity index (χ0n) is 12.9. The standard InChI is InChI=1S/C14H19N7O2/c1-15-12-16-13(21-8-4-2-3-5-9-21)18-14(17-12)23-11-7-6-10(22)19-20-11/h6-7H,2-5,8-9H2,1H3,(H,19,22)(H,15,16,17,18). The normalized spacial score (nSPS) is 15.1. The second-order valence-corrected chi connectivity index (χ2v) is 5.25. The molecule has 1 fully saturated rings. The summed E-state index contributed by atoms with van der Waals surface area (Å²) in [6.45, 7) is 1.84. The topological polar surface area (TPSA) is 109 Å². The zero-order chi connectivity index (χ0) is 16.1. The Balaban J connectivity index is 1.85. The number of H-pyrrole nitrogens is 1. The van der Waals surface area contributed by atoms with E-state index in [9.17, 15) is 4.79 Å². The fraction of sp³-hybridized carbons (Fsp3) is 0.500. The van der Waals surface area contributed by atoms with E-state index < -0.39 is 0 Å². The van der Waals surface area contributed by atoms with Gasteiger partial charge in [-0.05, 0) is 12.8 Å². The van der Waals surface area contributed by atoms with Crippen molar-refractivity contribution in [1.29, 1.82) is 0 Å². The molecule has 2 aromatic heterocycles. The van der Waals surface area contributed by atoms with Gasteiger partial charge < -0.3 is 15.0 Å². The molecule has 1 saturated heterocycles. The third-order valence-corrected chi connectivity index (χ3v) is 3.57. The van der Waals surface area contributed by atoms with Crippen molar-refractivity contribution in [3.63, 3.8) is 0 Å². The molecule has 122 valence electrons. The number of hydrogen-bond donors (Lipinski definition) is 2. The van der Waals surface area contributed by atoms with Gasteiger partial charge in [0, 0.05) is 32.3 Å². The van der Waals surface area contributed by atoms with Gasteiger partial charge in [0.15, 0.2) is 0 Å². The number of anilines is 2. The Hall–Kier alpha value is -2.71. The van der Waals surface area contributed by atoms with Crippen molar-refractivity contribution in [2.24, 2.45) is 0 Å². The van der Waals surface area contributed by atoms with Gasteiger partial charge in [-0.3, -0.25) is 4.79 Å². The molecule has 0 amide bonds. The third-order valence-electron chi connectivity index (χ3n) is 3.57. The minimum absolute atomic E-state index is 0.142. The first-order valence-corrected chi connectivity index (χ1v) is 7.67. The highest BCUT2D eigenvalue weighted by Gasteiger charge is 2.16. The van der Waals surface area contributed by atoms with Crippen molar-refractivity contribution < 1.29 is 4.74 Å². The summed E-state index contributed by atoms with van der Waals surface area (Å²) >= 11 is 0. The van der Waals surface area contributed by atoms with Gasteiger partial charge in [0.05, 0.1) is 0 Å². The van der Waals surface area contributed by atoms with Crippen LogP contribution in [0.1, 0.15) is 25.7 Å². The van der Waals surface area contributed by atoms with Crippen molar-refractivity contribution in [2.75, 3.05) is 30.4 Å². The maximum atomic E-state index is 11.0. The van der Waals surface area contributed by atoms with Crippen LogP contribution in [0.3, 0.4) is 0 Å². The van der Waals surface area contributed by atoms with E-state index in [-0.39, 0.29) is 17.4 Å². The lowest BCUT2D eigenvalue weighted by Gasteiger charge is -2.20. The molecule has 9 heteroatoms. The van der Waals surface area contributed by atoms with E-state index in [1.807, 2.05) is 0 Å². The average molecular weight is 317 g/mol. The van der Waals surface area contributed by atoms with Gasteiger partial charge in [-0.25, -0.2) is 5.10 Å². The summed E-state index contributed by atoms with van der Waals surface area (Å²) in [7, 11) is 1.74. The monoisotopic (exact) mass is 317 g/mol. The van der Waals surface area contributed by atoms with Crippen molar-refractivity contribution in [3.05, 3.63) is 22.5 Å². The molecule has 0 saturated carbocycles. The highest BCUT2D eigenvalue weighted by Crippen LogP contribution is 2.21. The second kappa shape index (κ2) is 7.03. The molecule has 2 aromatic rings. The van der Waals surface area contributed by atoms with E-state index in [2.05, 4.69) is 35.4 Å². The fourth-order valence-corrected chi connectivity index (χ4v) is 2.40. The lowest BCUT2D eigenvalue weighted by molar-refractivity contribution is 0.416. The molecule has 0 bridgehead atoms. The maximum absolute atomic E-state index is 11.0. The molecule has 0 aromatic carbocycles. The molecule has 0 atom stereocenters. The molecule has 0 spiro atoms. The van der Waals surface area contributed by atoms with Crippen molar-refractivity contribution >= 4 is 11.9 Å².